The van der Waals surface area contributed by atoms with Gasteiger partial charge in [-0.3, -0.25) is 4.79 Å². The highest BCUT2D eigenvalue weighted by Crippen LogP contribution is 2.22. The zero-order valence-electron chi connectivity index (χ0n) is 15.2. The Balaban J connectivity index is 1.31. The summed E-state index contributed by atoms with van der Waals surface area (Å²) < 4.78 is 2.80. The van der Waals surface area contributed by atoms with Crippen LogP contribution in [-0.2, 0) is 11.3 Å². The number of nitrogens with one attached hydrogen (secondary N) is 1. The van der Waals surface area contributed by atoms with Gasteiger partial charge in [0, 0.05) is 35.2 Å². The number of anilines is 1. The number of carbonyl (C=O) groups excluding carboxylic acids is 1. The molecule has 1 aliphatic heterocycles. The van der Waals surface area contributed by atoms with Crippen LogP contribution in [0.1, 0.15) is 18.4 Å². The van der Waals surface area contributed by atoms with E-state index in [9.17, 15) is 4.79 Å². The molecule has 0 aliphatic carbocycles. The van der Waals surface area contributed by atoms with Crippen molar-refractivity contribution in [1.29, 1.82) is 0 Å². The van der Waals surface area contributed by atoms with Crippen LogP contribution in [0.3, 0.4) is 0 Å². The Kier molecular flexibility index (Phi) is 5.79. The fourth-order valence-corrected chi connectivity index (χ4v) is 3.63. The number of piperidine rings is 1. The second-order valence-electron chi connectivity index (χ2n) is 6.68. The maximum Gasteiger partial charge on any atom is 0.223 e. The molecule has 0 saturated carbocycles. The topological polar surface area (TPSA) is 88.8 Å². The van der Waals surface area contributed by atoms with E-state index in [4.69, 9.17) is 0 Å². The molecule has 0 unspecified atom stereocenters. The normalized spacial score (nSPS) is 14.8. The Morgan fingerprint density at radius 3 is 2.57 bits per heavy atom. The first kappa shape index (κ1) is 18.8. The lowest BCUT2D eigenvalue weighted by Gasteiger charge is -2.32. The monoisotopic (exact) mass is 489 g/mol. The third-order valence-electron chi connectivity index (χ3n) is 4.86. The molecule has 1 fully saturated rings. The number of aromatic nitrogens is 5. The molecule has 1 amide bonds. The number of nitrogens with zero attached hydrogens (tertiary/aromatic N) is 6. The lowest BCUT2D eigenvalue weighted by molar-refractivity contribution is -0.125. The first-order chi connectivity index (χ1) is 13.7. The summed E-state index contributed by atoms with van der Waals surface area (Å²) in [6.07, 6.45) is 6.23. The largest absolute Gasteiger partial charge is 0.356 e. The fraction of sp³-hybridized carbons (Fsp3) is 0.316. The number of halogens is 1. The van der Waals surface area contributed by atoms with Gasteiger partial charge in [0.2, 0.25) is 5.91 Å². The van der Waals surface area contributed by atoms with Gasteiger partial charge in [-0.2, -0.15) is 5.10 Å². The van der Waals surface area contributed by atoms with Gasteiger partial charge in [-0.25, -0.2) is 19.6 Å². The minimum absolute atomic E-state index is 0.0386. The number of amides is 1. The minimum atomic E-state index is 0.0386. The zero-order chi connectivity index (χ0) is 19.3. The Hall–Kier alpha value is -2.56. The number of benzene rings is 1. The molecule has 1 aromatic carbocycles. The molecule has 8 nitrogen and oxygen atoms in total. The molecule has 1 saturated heterocycles. The van der Waals surface area contributed by atoms with Gasteiger partial charge in [-0.1, -0.05) is 12.1 Å². The highest BCUT2D eigenvalue weighted by molar-refractivity contribution is 14.1. The van der Waals surface area contributed by atoms with E-state index in [1.165, 1.54) is 16.2 Å². The maximum atomic E-state index is 12.5. The summed E-state index contributed by atoms with van der Waals surface area (Å²) in [7, 11) is 0. The summed E-state index contributed by atoms with van der Waals surface area (Å²) >= 11 is 2.28. The molecule has 3 aromatic rings. The van der Waals surface area contributed by atoms with Gasteiger partial charge in [0.25, 0.3) is 0 Å². The van der Waals surface area contributed by atoms with E-state index in [0.29, 0.717) is 12.4 Å². The maximum absolute atomic E-state index is 12.5. The van der Waals surface area contributed by atoms with E-state index in [-0.39, 0.29) is 11.8 Å². The summed E-state index contributed by atoms with van der Waals surface area (Å²) in [6.45, 7) is 2.15. The molecule has 2 aromatic heterocycles. The molecule has 9 heteroatoms. The van der Waals surface area contributed by atoms with Gasteiger partial charge in [0.05, 0.1) is 0 Å². The van der Waals surface area contributed by atoms with Gasteiger partial charge < -0.3 is 10.2 Å². The van der Waals surface area contributed by atoms with Crippen LogP contribution in [0, 0.1) is 9.49 Å². The number of carbonyl (C=O) groups is 1. The molecule has 0 bridgehead atoms. The van der Waals surface area contributed by atoms with Crippen molar-refractivity contribution in [2.45, 2.75) is 19.4 Å². The standard InChI is InChI=1S/C19H20IN7O/c20-16-3-1-14(2-4-16)10-22-19(28)15-5-7-26(8-6-15)17-9-18(24-12-23-17)27-13-21-11-25-27/h1-4,9,11-13,15H,5-8,10H2,(H,22,28). The van der Waals surface area contributed by atoms with E-state index in [0.717, 1.165) is 37.3 Å². The van der Waals surface area contributed by atoms with Crippen molar-refractivity contribution in [2.75, 3.05) is 18.0 Å². The fourth-order valence-electron chi connectivity index (χ4n) is 3.27. The molecule has 1 aliphatic rings. The van der Waals surface area contributed by atoms with Crippen LogP contribution < -0.4 is 10.2 Å². The van der Waals surface area contributed by atoms with Crippen molar-refractivity contribution in [3.8, 4) is 5.82 Å². The van der Waals surface area contributed by atoms with Crippen LogP contribution in [0.5, 0.6) is 0 Å². The van der Waals surface area contributed by atoms with Gasteiger partial charge in [0.15, 0.2) is 5.82 Å². The highest BCUT2D eigenvalue weighted by Gasteiger charge is 2.25. The Morgan fingerprint density at radius 1 is 1.11 bits per heavy atom. The first-order valence-electron chi connectivity index (χ1n) is 9.13. The Morgan fingerprint density at radius 2 is 1.86 bits per heavy atom. The predicted octanol–water partition coefficient (Wildman–Crippen LogP) is 2.19. The van der Waals surface area contributed by atoms with E-state index >= 15 is 0 Å². The van der Waals surface area contributed by atoms with Crippen LogP contribution in [-0.4, -0.2) is 43.7 Å². The predicted molar refractivity (Wildman–Crippen MR) is 113 cm³/mol. The van der Waals surface area contributed by atoms with Crippen LogP contribution in [0.2, 0.25) is 0 Å². The lowest BCUT2D eigenvalue weighted by Crippen LogP contribution is -2.40. The molecule has 4 rings (SSSR count). The van der Waals surface area contributed by atoms with Crippen molar-refractivity contribution in [3.63, 3.8) is 0 Å². The van der Waals surface area contributed by atoms with E-state index in [1.807, 2.05) is 18.2 Å². The quantitative estimate of drug-likeness (QED) is 0.553. The average molecular weight is 489 g/mol. The smallest absolute Gasteiger partial charge is 0.223 e. The summed E-state index contributed by atoms with van der Waals surface area (Å²) in [5.41, 5.74) is 1.12. The number of hydrogen-bond donors (Lipinski definition) is 1. The van der Waals surface area contributed by atoms with E-state index in [1.54, 1.807) is 11.0 Å². The average Bonchev–Trinajstić information content (AvgIpc) is 3.28. The van der Waals surface area contributed by atoms with E-state index < -0.39 is 0 Å². The van der Waals surface area contributed by atoms with Crippen LogP contribution in [0.15, 0.2) is 49.3 Å². The van der Waals surface area contributed by atoms with Gasteiger partial charge >= 0.3 is 0 Å². The van der Waals surface area contributed by atoms with Crippen molar-refractivity contribution >= 4 is 34.3 Å². The molecule has 0 atom stereocenters. The summed E-state index contributed by atoms with van der Waals surface area (Å²) in [6, 6.07) is 10.1. The van der Waals surface area contributed by atoms with Gasteiger partial charge in [-0.05, 0) is 53.1 Å². The van der Waals surface area contributed by atoms with Crippen molar-refractivity contribution in [3.05, 3.63) is 58.4 Å². The third kappa shape index (κ3) is 4.46. The van der Waals surface area contributed by atoms with Crippen LogP contribution >= 0.6 is 22.6 Å². The van der Waals surface area contributed by atoms with Crippen LogP contribution in [0.25, 0.3) is 5.82 Å². The van der Waals surface area contributed by atoms with E-state index in [2.05, 4.69) is 65.0 Å². The third-order valence-corrected chi connectivity index (χ3v) is 5.58. The Bertz CT molecular complexity index is 922. The second-order valence-corrected chi connectivity index (χ2v) is 7.93. The van der Waals surface area contributed by atoms with Crippen molar-refractivity contribution in [2.24, 2.45) is 5.92 Å². The lowest BCUT2D eigenvalue weighted by atomic mass is 9.96. The van der Waals surface area contributed by atoms with Crippen molar-refractivity contribution in [1.82, 2.24) is 30.0 Å². The van der Waals surface area contributed by atoms with Gasteiger partial charge in [0.1, 0.15) is 24.8 Å². The molecule has 144 valence electrons. The Labute approximate surface area is 176 Å². The van der Waals surface area contributed by atoms with Crippen LogP contribution in [0.4, 0.5) is 5.82 Å². The zero-order valence-corrected chi connectivity index (χ0v) is 17.4. The van der Waals surface area contributed by atoms with Crippen molar-refractivity contribution < 1.29 is 4.79 Å². The minimum Gasteiger partial charge on any atom is -0.356 e. The molecule has 28 heavy (non-hydrogen) atoms. The first-order valence-corrected chi connectivity index (χ1v) is 10.2. The number of hydrogen-bond acceptors (Lipinski definition) is 6. The molecule has 0 spiro atoms. The molecule has 1 N–H and O–H groups in total. The molecule has 3 heterocycles. The highest BCUT2D eigenvalue weighted by atomic mass is 127. The molecular formula is C19H20IN7O. The summed E-state index contributed by atoms with van der Waals surface area (Å²) in [5, 5.41) is 7.17. The molecular weight excluding hydrogens is 469 g/mol. The second kappa shape index (κ2) is 8.63. The SMILES string of the molecule is O=C(NCc1ccc(I)cc1)C1CCN(c2cc(-n3cncn3)ncn2)CC1. The summed E-state index contributed by atoms with van der Waals surface area (Å²) in [5.74, 6) is 1.69. The number of rotatable bonds is 5. The van der Waals surface area contributed by atoms with Gasteiger partial charge in [-0.15, -0.1) is 0 Å². The summed E-state index contributed by atoms with van der Waals surface area (Å²) in [4.78, 5) is 27.3. The molecule has 0 radical (unpaired) electrons.